The molecule has 1 N–H and O–H groups in total. The summed E-state index contributed by atoms with van der Waals surface area (Å²) < 4.78 is 15.7. The molecule has 0 radical (unpaired) electrons. The van der Waals surface area contributed by atoms with Gasteiger partial charge in [0.2, 0.25) is 5.82 Å². The molecule has 8 heteroatoms. The van der Waals surface area contributed by atoms with E-state index in [4.69, 9.17) is 30.7 Å². The standard InChI is InChI=1S/C17H13ClN2O5/c1-23-14-8-11(4-7-13(14)24-9-15(21)22)16-19-17(25-20-16)10-2-5-12(18)6-3-10/h2-8H,9H2,1H3,(H,21,22). The maximum atomic E-state index is 10.6. The van der Waals surface area contributed by atoms with Crippen molar-refractivity contribution in [2.24, 2.45) is 0 Å². The molecule has 0 aliphatic rings. The Labute approximate surface area is 147 Å². The molecule has 0 fully saturated rings. The van der Waals surface area contributed by atoms with E-state index in [-0.39, 0.29) is 0 Å². The van der Waals surface area contributed by atoms with Gasteiger partial charge in [0.1, 0.15) is 0 Å². The minimum Gasteiger partial charge on any atom is -0.493 e. The van der Waals surface area contributed by atoms with Gasteiger partial charge in [0.15, 0.2) is 18.1 Å². The lowest BCUT2D eigenvalue weighted by Crippen LogP contribution is -2.10. The van der Waals surface area contributed by atoms with Crippen LogP contribution in [0.5, 0.6) is 11.5 Å². The maximum Gasteiger partial charge on any atom is 0.341 e. The van der Waals surface area contributed by atoms with Crippen LogP contribution < -0.4 is 9.47 Å². The van der Waals surface area contributed by atoms with Gasteiger partial charge in [-0.1, -0.05) is 16.8 Å². The Balaban J connectivity index is 1.87. The SMILES string of the molecule is COc1cc(-c2noc(-c3ccc(Cl)cc3)n2)ccc1OCC(=O)O. The second kappa shape index (κ2) is 7.23. The van der Waals surface area contributed by atoms with Crippen LogP contribution in [0.1, 0.15) is 0 Å². The van der Waals surface area contributed by atoms with Gasteiger partial charge in [-0.3, -0.25) is 0 Å². The van der Waals surface area contributed by atoms with Crippen LogP contribution >= 0.6 is 11.6 Å². The number of rotatable bonds is 6. The number of ether oxygens (including phenoxy) is 2. The third kappa shape index (κ3) is 3.89. The van der Waals surface area contributed by atoms with Gasteiger partial charge in [0.05, 0.1) is 7.11 Å². The number of aromatic nitrogens is 2. The smallest absolute Gasteiger partial charge is 0.341 e. The van der Waals surface area contributed by atoms with Crippen molar-refractivity contribution < 1.29 is 23.9 Å². The lowest BCUT2D eigenvalue weighted by molar-refractivity contribution is -0.139. The first-order valence-electron chi connectivity index (χ1n) is 7.19. The summed E-state index contributed by atoms with van der Waals surface area (Å²) in [6, 6.07) is 12.0. The zero-order chi connectivity index (χ0) is 17.8. The predicted octanol–water partition coefficient (Wildman–Crippen LogP) is 3.53. The fourth-order valence-corrected chi connectivity index (χ4v) is 2.24. The van der Waals surface area contributed by atoms with E-state index < -0.39 is 12.6 Å². The van der Waals surface area contributed by atoms with Gasteiger partial charge < -0.3 is 19.1 Å². The van der Waals surface area contributed by atoms with Crippen LogP contribution in [0.2, 0.25) is 5.02 Å². The Kier molecular flexibility index (Phi) is 4.85. The highest BCUT2D eigenvalue weighted by Crippen LogP contribution is 2.32. The third-order valence-corrected chi connectivity index (χ3v) is 3.54. The van der Waals surface area contributed by atoms with Crippen molar-refractivity contribution in [1.29, 1.82) is 0 Å². The predicted molar refractivity (Wildman–Crippen MR) is 89.9 cm³/mol. The summed E-state index contributed by atoms with van der Waals surface area (Å²) in [4.78, 5) is 15.0. The Hall–Kier alpha value is -3.06. The zero-order valence-electron chi connectivity index (χ0n) is 13.1. The Bertz CT molecular complexity index is 892. The average molecular weight is 361 g/mol. The molecule has 3 aromatic rings. The van der Waals surface area contributed by atoms with Crippen molar-refractivity contribution in [3.63, 3.8) is 0 Å². The molecule has 25 heavy (non-hydrogen) atoms. The fourth-order valence-electron chi connectivity index (χ4n) is 2.12. The van der Waals surface area contributed by atoms with Gasteiger partial charge >= 0.3 is 5.97 Å². The van der Waals surface area contributed by atoms with E-state index >= 15 is 0 Å². The number of benzene rings is 2. The number of hydrogen-bond donors (Lipinski definition) is 1. The third-order valence-electron chi connectivity index (χ3n) is 3.29. The van der Waals surface area contributed by atoms with Crippen molar-refractivity contribution >= 4 is 17.6 Å². The Morgan fingerprint density at radius 1 is 1.16 bits per heavy atom. The molecule has 0 bridgehead atoms. The summed E-state index contributed by atoms with van der Waals surface area (Å²) in [6.45, 7) is -0.460. The van der Waals surface area contributed by atoms with Crippen molar-refractivity contribution in [3.8, 4) is 34.3 Å². The van der Waals surface area contributed by atoms with Crippen LogP contribution in [0, 0.1) is 0 Å². The molecule has 7 nitrogen and oxygen atoms in total. The molecule has 0 unspecified atom stereocenters. The summed E-state index contributed by atoms with van der Waals surface area (Å²) in [5.74, 6) is 0.341. The van der Waals surface area contributed by atoms with Gasteiger partial charge in [0, 0.05) is 16.1 Å². The van der Waals surface area contributed by atoms with Crippen molar-refractivity contribution in [2.45, 2.75) is 0 Å². The molecule has 3 rings (SSSR count). The van der Waals surface area contributed by atoms with Crippen molar-refractivity contribution in [2.75, 3.05) is 13.7 Å². The summed E-state index contributed by atoms with van der Waals surface area (Å²) >= 11 is 5.86. The van der Waals surface area contributed by atoms with Gasteiger partial charge in [-0.15, -0.1) is 0 Å². The number of methoxy groups -OCH3 is 1. The molecule has 128 valence electrons. The Morgan fingerprint density at radius 3 is 2.56 bits per heavy atom. The monoisotopic (exact) mass is 360 g/mol. The molecule has 1 heterocycles. The summed E-state index contributed by atoms with van der Waals surface area (Å²) in [6.07, 6.45) is 0. The molecule has 0 aliphatic heterocycles. The quantitative estimate of drug-likeness (QED) is 0.718. The summed E-state index contributed by atoms with van der Waals surface area (Å²) in [7, 11) is 1.46. The maximum absolute atomic E-state index is 10.6. The first-order chi connectivity index (χ1) is 12.1. The van der Waals surface area contributed by atoms with Crippen LogP contribution in [0.25, 0.3) is 22.8 Å². The van der Waals surface area contributed by atoms with Crippen LogP contribution in [0.3, 0.4) is 0 Å². The van der Waals surface area contributed by atoms with Gasteiger partial charge in [-0.05, 0) is 42.5 Å². The molecule has 0 spiro atoms. The first kappa shape index (κ1) is 16.8. The van der Waals surface area contributed by atoms with Crippen molar-refractivity contribution in [3.05, 3.63) is 47.5 Å². The highest BCUT2D eigenvalue weighted by atomic mass is 35.5. The molecule has 0 atom stereocenters. The number of carboxylic acids is 1. The zero-order valence-corrected chi connectivity index (χ0v) is 13.9. The number of aliphatic carboxylic acids is 1. The topological polar surface area (TPSA) is 94.7 Å². The molecule has 0 amide bonds. The molecular formula is C17H13ClN2O5. The Morgan fingerprint density at radius 2 is 1.88 bits per heavy atom. The van der Waals surface area contributed by atoms with Crippen LogP contribution in [0.4, 0.5) is 0 Å². The summed E-state index contributed by atoms with van der Waals surface area (Å²) in [5, 5.41) is 13.3. The molecule has 1 aromatic heterocycles. The van der Waals surface area contributed by atoms with Crippen LogP contribution in [-0.4, -0.2) is 34.9 Å². The van der Waals surface area contributed by atoms with Gasteiger partial charge in [-0.25, -0.2) is 4.79 Å². The van der Waals surface area contributed by atoms with E-state index in [1.165, 1.54) is 7.11 Å². The lowest BCUT2D eigenvalue weighted by atomic mass is 10.2. The number of carbonyl (C=O) groups is 1. The highest BCUT2D eigenvalue weighted by Gasteiger charge is 2.14. The van der Waals surface area contributed by atoms with Gasteiger partial charge in [0.25, 0.3) is 5.89 Å². The molecule has 0 saturated carbocycles. The highest BCUT2D eigenvalue weighted by molar-refractivity contribution is 6.30. The largest absolute Gasteiger partial charge is 0.493 e. The van der Waals surface area contributed by atoms with E-state index in [2.05, 4.69) is 10.1 Å². The average Bonchev–Trinajstić information content (AvgIpc) is 3.10. The van der Waals surface area contributed by atoms with E-state index in [1.54, 1.807) is 42.5 Å². The minimum absolute atomic E-state index is 0.315. The molecule has 2 aromatic carbocycles. The summed E-state index contributed by atoms with van der Waals surface area (Å²) in [5.41, 5.74) is 1.39. The van der Waals surface area contributed by atoms with Crippen LogP contribution in [0.15, 0.2) is 47.0 Å². The minimum atomic E-state index is -1.07. The normalized spacial score (nSPS) is 10.5. The van der Waals surface area contributed by atoms with Crippen molar-refractivity contribution in [1.82, 2.24) is 10.1 Å². The fraction of sp³-hybridized carbons (Fsp3) is 0.118. The number of hydrogen-bond acceptors (Lipinski definition) is 6. The van der Waals surface area contributed by atoms with E-state index in [9.17, 15) is 4.79 Å². The number of halogens is 1. The van der Waals surface area contributed by atoms with Crippen LogP contribution in [-0.2, 0) is 4.79 Å². The first-order valence-corrected chi connectivity index (χ1v) is 7.57. The molecule has 0 saturated heterocycles. The second-order valence-electron chi connectivity index (χ2n) is 4.98. The van der Waals surface area contributed by atoms with Gasteiger partial charge in [-0.2, -0.15) is 4.98 Å². The molecule has 0 aliphatic carbocycles. The van der Waals surface area contributed by atoms with E-state index in [0.29, 0.717) is 33.8 Å². The second-order valence-corrected chi connectivity index (χ2v) is 5.41. The number of carboxylic acid groups (broad SMARTS) is 1. The lowest BCUT2D eigenvalue weighted by Gasteiger charge is -2.09. The van der Waals surface area contributed by atoms with E-state index in [0.717, 1.165) is 5.56 Å². The van der Waals surface area contributed by atoms with E-state index in [1.807, 2.05) is 0 Å². The molecular weight excluding hydrogens is 348 g/mol. The number of nitrogens with zero attached hydrogens (tertiary/aromatic N) is 2.